The first-order valence-corrected chi connectivity index (χ1v) is 4.43. The number of alkyl halides is 1. The van der Waals surface area contributed by atoms with Crippen molar-refractivity contribution in [2.75, 3.05) is 0 Å². The van der Waals surface area contributed by atoms with E-state index in [2.05, 4.69) is 15.9 Å². The number of halogens is 2. The van der Waals surface area contributed by atoms with Crippen LogP contribution in [0, 0.1) is 12.7 Å². The van der Waals surface area contributed by atoms with Crippen molar-refractivity contribution in [3.05, 3.63) is 35.1 Å². The van der Waals surface area contributed by atoms with Crippen LogP contribution in [0.1, 0.15) is 22.9 Å². The fraction of sp³-hybridized carbons (Fsp3) is 0.333. The van der Waals surface area contributed by atoms with E-state index in [9.17, 15) is 4.39 Å². The van der Waals surface area contributed by atoms with Crippen LogP contribution in [-0.4, -0.2) is 0 Å². The smallest absolute Gasteiger partial charge is 0.127 e. The predicted molar refractivity (Wildman–Crippen MR) is 48.5 cm³/mol. The summed E-state index contributed by atoms with van der Waals surface area (Å²) in [6.07, 6.45) is 0. The minimum absolute atomic E-state index is 0.0862. The molecule has 11 heavy (non-hydrogen) atoms. The number of aryl methyl sites for hydroxylation is 1. The minimum atomic E-state index is -0.130. The molecule has 0 amide bonds. The van der Waals surface area contributed by atoms with Crippen LogP contribution < -0.4 is 0 Å². The summed E-state index contributed by atoms with van der Waals surface area (Å²) in [6.45, 7) is 3.79. The molecule has 2 heteroatoms. The van der Waals surface area contributed by atoms with Crippen molar-refractivity contribution in [3.63, 3.8) is 0 Å². The van der Waals surface area contributed by atoms with Crippen LogP contribution in [0.25, 0.3) is 0 Å². The Morgan fingerprint density at radius 3 is 2.55 bits per heavy atom. The average molecular weight is 217 g/mol. The Morgan fingerprint density at radius 2 is 2.09 bits per heavy atom. The van der Waals surface area contributed by atoms with Gasteiger partial charge < -0.3 is 0 Å². The second-order valence-corrected chi connectivity index (χ2v) is 4.01. The summed E-state index contributed by atoms with van der Waals surface area (Å²) in [5.41, 5.74) is 1.68. The van der Waals surface area contributed by atoms with Crippen LogP contribution in [-0.2, 0) is 0 Å². The van der Waals surface area contributed by atoms with Crippen LogP contribution in [0.2, 0.25) is 0 Å². The summed E-state index contributed by atoms with van der Waals surface area (Å²) in [5.74, 6) is -0.130. The Bertz CT molecular complexity index is 256. The van der Waals surface area contributed by atoms with Gasteiger partial charge in [0, 0.05) is 10.4 Å². The molecule has 0 fully saturated rings. The molecule has 0 aliphatic carbocycles. The highest BCUT2D eigenvalue weighted by atomic mass is 79.9. The summed E-state index contributed by atoms with van der Waals surface area (Å²) in [4.78, 5) is 0.0862. The second kappa shape index (κ2) is 3.35. The number of hydrogen-bond donors (Lipinski definition) is 0. The normalized spacial score (nSPS) is 13.1. The lowest BCUT2D eigenvalue weighted by atomic mass is 10.1. The number of rotatable bonds is 1. The van der Waals surface area contributed by atoms with Crippen molar-refractivity contribution < 1.29 is 4.39 Å². The van der Waals surface area contributed by atoms with Crippen LogP contribution in [0.5, 0.6) is 0 Å². The molecule has 1 rings (SSSR count). The average Bonchev–Trinajstić information content (AvgIpc) is 1.85. The Labute approximate surface area is 74.6 Å². The molecule has 60 valence electrons. The zero-order valence-corrected chi connectivity index (χ0v) is 8.15. The standard InChI is InChI=1S/C9H10BrF/c1-6-3-4-8(7(2)10)9(11)5-6/h3-5,7H,1-2H3. The maximum Gasteiger partial charge on any atom is 0.127 e. The van der Waals surface area contributed by atoms with Gasteiger partial charge in [-0.15, -0.1) is 0 Å². The molecular formula is C9H10BrF. The van der Waals surface area contributed by atoms with Gasteiger partial charge in [0.15, 0.2) is 0 Å². The van der Waals surface area contributed by atoms with Crippen molar-refractivity contribution >= 4 is 15.9 Å². The molecule has 0 aromatic heterocycles. The van der Waals surface area contributed by atoms with Crippen LogP contribution >= 0.6 is 15.9 Å². The Morgan fingerprint density at radius 1 is 1.45 bits per heavy atom. The fourth-order valence-electron chi connectivity index (χ4n) is 0.955. The van der Waals surface area contributed by atoms with E-state index in [1.165, 1.54) is 0 Å². The molecule has 0 spiro atoms. The van der Waals surface area contributed by atoms with E-state index in [0.29, 0.717) is 0 Å². The molecule has 0 heterocycles. The molecule has 0 N–H and O–H groups in total. The van der Waals surface area contributed by atoms with Gasteiger partial charge in [0.1, 0.15) is 5.82 Å². The van der Waals surface area contributed by atoms with E-state index in [1.807, 2.05) is 26.0 Å². The van der Waals surface area contributed by atoms with Crippen LogP contribution in [0.15, 0.2) is 18.2 Å². The summed E-state index contributed by atoms with van der Waals surface area (Å²) in [7, 11) is 0. The minimum Gasteiger partial charge on any atom is -0.207 e. The third-order valence-electron chi connectivity index (χ3n) is 1.58. The quantitative estimate of drug-likeness (QED) is 0.630. The lowest BCUT2D eigenvalue weighted by Crippen LogP contribution is -1.90. The molecule has 0 saturated heterocycles. The lowest BCUT2D eigenvalue weighted by Gasteiger charge is -2.04. The number of benzene rings is 1. The van der Waals surface area contributed by atoms with Crippen molar-refractivity contribution in [2.24, 2.45) is 0 Å². The molecule has 1 unspecified atom stereocenters. The molecule has 0 radical (unpaired) electrons. The zero-order valence-electron chi connectivity index (χ0n) is 6.57. The van der Waals surface area contributed by atoms with E-state index >= 15 is 0 Å². The van der Waals surface area contributed by atoms with Gasteiger partial charge in [-0.05, 0) is 25.5 Å². The first-order valence-electron chi connectivity index (χ1n) is 3.51. The summed E-state index contributed by atoms with van der Waals surface area (Å²) >= 11 is 3.32. The summed E-state index contributed by atoms with van der Waals surface area (Å²) in [6, 6.07) is 5.27. The van der Waals surface area contributed by atoms with Gasteiger partial charge in [0.05, 0.1) is 0 Å². The predicted octanol–water partition coefficient (Wildman–Crippen LogP) is 3.59. The van der Waals surface area contributed by atoms with E-state index < -0.39 is 0 Å². The van der Waals surface area contributed by atoms with Crippen molar-refractivity contribution in [1.29, 1.82) is 0 Å². The molecule has 1 atom stereocenters. The largest absolute Gasteiger partial charge is 0.207 e. The molecule has 0 saturated carbocycles. The van der Waals surface area contributed by atoms with E-state index in [-0.39, 0.29) is 10.6 Å². The topological polar surface area (TPSA) is 0 Å². The van der Waals surface area contributed by atoms with Gasteiger partial charge in [-0.1, -0.05) is 28.1 Å². The van der Waals surface area contributed by atoms with Gasteiger partial charge >= 0.3 is 0 Å². The monoisotopic (exact) mass is 216 g/mol. The molecule has 0 aliphatic heterocycles. The highest BCUT2D eigenvalue weighted by molar-refractivity contribution is 9.09. The highest BCUT2D eigenvalue weighted by Gasteiger charge is 2.06. The van der Waals surface area contributed by atoms with E-state index in [0.717, 1.165) is 11.1 Å². The second-order valence-electron chi connectivity index (χ2n) is 2.64. The maximum atomic E-state index is 13.1. The highest BCUT2D eigenvalue weighted by Crippen LogP contribution is 2.24. The maximum absolute atomic E-state index is 13.1. The SMILES string of the molecule is Cc1ccc(C(C)Br)c(F)c1. The lowest BCUT2D eigenvalue weighted by molar-refractivity contribution is 0.610. The van der Waals surface area contributed by atoms with Crippen molar-refractivity contribution in [1.82, 2.24) is 0 Å². The molecule has 0 bridgehead atoms. The van der Waals surface area contributed by atoms with Gasteiger partial charge in [0.25, 0.3) is 0 Å². The first-order chi connectivity index (χ1) is 5.11. The summed E-state index contributed by atoms with van der Waals surface area (Å²) in [5, 5.41) is 0. The zero-order chi connectivity index (χ0) is 8.43. The first kappa shape index (κ1) is 8.72. The van der Waals surface area contributed by atoms with Gasteiger partial charge in [-0.2, -0.15) is 0 Å². The van der Waals surface area contributed by atoms with E-state index in [4.69, 9.17) is 0 Å². The van der Waals surface area contributed by atoms with Gasteiger partial charge in [-0.3, -0.25) is 0 Å². The molecule has 0 nitrogen and oxygen atoms in total. The van der Waals surface area contributed by atoms with E-state index in [1.54, 1.807) is 6.07 Å². The third-order valence-corrected chi connectivity index (χ3v) is 2.08. The Kier molecular flexibility index (Phi) is 2.66. The van der Waals surface area contributed by atoms with Crippen LogP contribution in [0.3, 0.4) is 0 Å². The molecule has 0 aliphatic rings. The Hall–Kier alpha value is -0.370. The molecule has 1 aromatic carbocycles. The summed E-state index contributed by atoms with van der Waals surface area (Å²) < 4.78 is 13.1. The molecule has 1 aromatic rings. The third kappa shape index (κ3) is 2.03. The van der Waals surface area contributed by atoms with Gasteiger partial charge in [-0.25, -0.2) is 4.39 Å². The van der Waals surface area contributed by atoms with Crippen LogP contribution in [0.4, 0.5) is 4.39 Å². The Balaban J connectivity index is 3.09. The van der Waals surface area contributed by atoms with Gasteiger partial charge in [0.2, 0.25) is 0 Å². The number of hydrogen-bond acceptors (Lipinski definition) is 0. The van der Waals surface area contributed by atoms with Crippen molar-refractivity contribution in [3.8, 4) is 0 Å². The van der Waals surface area contributed by atoms with Crippen molar-refractivity contribution in [2.45, 2.75) is 18.7 Å². The molecular weight excluding hydrogens is 207 g/mol. The fourth-order valence-corrected chi connectivity index (χ4v) is 1.33.